The Labute approximate surface area is 223 Å². The summed E-state index contributed by atoms with van der Waals surface area (Å²) in [4.78, 5) is 66.7. The molecule has 1 aromatic carbocycles. The predicted octanol–water partition coefficient (Wildman–Crippen LogP) is 2.39. The van der Waals surface area contributed by atoms with Crippen molar-refractivity contribution in [3.05, 3.63) is 35.9 Å². The average molecular weight is 527 g/mol. The van der Waals surface area contributed by atoms with Crippen LogP contribution in [-0.4, -0.2) is 94.7 Å². The van der Waals surface area contributed by atoms with Crippen molar-refractivity contribution in [1.29, 1.82) is 0 Å². The first-order chi connectivity index (χ1) is 18.4. The zero-order valence-electron chi connectivity index (χ0n) is 21.8. The van der Waals surface area contributed by atoms with Gasteiger partial charge in [0.25, 0.3) is 0 Å². The molecule has 0 radical (unpaired) electrons. The smallest absolute Gasteiger partial charge is 0.327 e. The number of hydrogen-bond acceptors (Lipinski definition) is 6. The van der Waals surface area contributed by atoms with Crippen LogP contribution < -0.4 is 5.32 Å². The number of carboxylic acids is 1. The number of Topliss-reactive ketones (excluding diaryl/α,β-unsaturated/α-hetero) is 1. The van der Waals surface area contributed by atoms with Crippen LogP contribution in [-0.2, 0) is 14.4 Å². The number of nitrogens with one attached hydrogen (secondary N) is 1. The summed E-state index contributed by atoms with van der Waals surface area (Å²) in [5, 5.41) is 13.0. The highest BCUT2D eigenvalue weighted by molar-refractivity contribution is 6.07. The van der Waals surface area contributed by atoms with Gasteiger partial charge >= 0.3 is 12.0 Å². The number of urea groups is 1. The number of benzene rings is 1. The molecule has 2 atom stereocenters. The molecule has 10 heteroatoms. The van der Waals surface area contributed by atoms with Crippen LogP contribution in [0.5, 0.6) is 0 Å². The van der Waals surface area contributed by atoms with Crippen molar-refractivity contribution in [2.75, 3.05) is 39.3 Å². The van der Waals surface area contributed by atoms with E-state index in [0.717, 1.165) is 43.7 Å². The number of likely N-dealkylation sites (tertiary alicyclic amines) is 1. The molecule has 3 fully saturated rings. The normalized spacial score (nSPS) is 22.2. The van der Waals surface area contributed by atoms with E-state index in [2.05, 4.69) is 5.32 Å². The van der Waals surface area contributed by atoms with Crippen LogP contribution in [0.4, 0.5) is 4.79 Å². The zero-order valence-corrected chi connectivity index (χ0v) is 21.8. The largest absolute Gasteiger partial charge is 0.480 e. The first kappa shape index (κ1) is 27.8. The minimum absolute atomic E-state index is 0.0111. The van der Waals surface area contributed by atoms with Crippen molar-refractivity contribution in [2.45, 2.75) is 57.4 Å². The van der Waals surface area contributed by atoms with Gasteiger partial charge in [-0.3, -0.25) is 14.4 Å². The molecule has 0 saturated carbocycles. The SMILES string of the molecule is O=C(CCCCCC(=O)N1CCN(C(=O)N2C(=O)[C@H](CC3CCNCC3)[C@H]2C(=O)O)CC1)c1ccccc1. The molecule has 206 valence electrons. The van der Waals surface area contributed by atoms with E-state index in [-0.39, 0.29) is 24.8 Å². The lowest BCUT2D eigenvalue weighted by Gasteiger charge is -2.47. The number of piperazine rings is 1. The third-order valence-electron chi connectivity index (χ3n) is 8.01. The van der Waals surface area contributed by atoms with Crippen molar-refractivity contribution >= 4 is 29.6 Å². The van der Waals surface area contributed by atoms with Crippen molar-refractivity contribution in [2.24, 2.45) is 11.8 Å². The molecular weight excluding hydrogens is 488 g/mol. The second-order valence-corrected chi connectivity index (χ2v) is 10.5. The first-order valence-corrected chi connectivity index (χ1v) is 13.8. The van der Waals surface area contributed by atoms with E-state index in [1.165, 1.54) is 4.90 Å². The highest BCUT2D eigenvalue weighted by atomic mass is 16.4. The number of aliphatic carboxylic acids is 1. The number of carbonyl (C=O) groups is 5. The number of hydrogen-bond donors (Lipinski definition) is 2. The maximum atomic E-state index is 13.0. The molecule has 0 aliphatic carbocycles. The van der Waals surface area contributed by atoms with E-state index in [0.29, 0.717) is 50.3 Å². The molecule has 4 rings (SSSR count). The molecule has 0 bridgehead atoms. The Kier molecular flexibility index (Phi) is 9.49. The van der Waals surface area contributed by atoms with Gasteiger partial charge in [0.05, 0.1) is 5.92 Å². The molecular formula is C28H38N4O6. The van der Waals surface area contributed by atoms with Gasteiger partial charge in [-0.05, 0) is 51.1 Å². The van der Waals surface area contributed by atoms with Crippen LogP contribution >= 0.6 is 0 Å². The van der Waals surface area contributed by atoms with Gasteiger partial charge in [-0.25, -0.2) is 14.5 Å². The minimum Gasteiger partial charge on any atom is -0.480 e. The molecule has 3 heterocycles. The Morgan fingerprint density at radius 1 is 0.868 bits per heavy atom. The van der Waals surface area contributed by atoms with Gasteiger partial charge in [0.15, 0.2) is 11.8 Å². The number of nitrogens with zero attached hydrogens (tertiary/aromatic N) is 3. The first-order valence-electron chi connectivity index (χ1n) is 13.8. The van der Waals surface area contributed by atoms with Gasteiger partial charge in [0.2, 0.25) is 11.8 Å². The lowest BCUT2D eigenvalue weighted by molar-refractivity contribution is -0.167. The van der Waals surface area contributed by atoms with Gasteiger partial charge in [-0.15, -0.1) is 0 Å². The summed E-state index contributed by atoms with van der Waals surface area (Å²) < 4.78 is 0. The molecule has 0 spiro atoms. The fraction of sp³-hybridized carbons (Fsp3) is 0.607. The molecule has 38 heavy (non-hydrogen) atoms. The van der Waals surface area contributed by atoms with Gasteiger partial charge in [-0.1, -0.05) is 36.8 Å². The topological polar surface area (TPSA) is 127 Å². The van der Waals surface area contributed by atoms with Crippen LogP contribution in [0.3, 0.4) is 0 Å². The van der Waals surface area contributed by atoms with Crippen LogP contribution in [0, 0.1) is 11.8 Å². The minimum atomic E-state index is -1.14. The van der Waals surface area contributed by atoms with E-state index in [1.807, 2.05) is 30.3 Å². The molecule has 3 saturated heterocycles. The van der Waals surface area contributed by atoms with E-state index in [1.54, 1.807) is 4.90 Å². The Morgan fingerprint density at radius 2 is 1.50 bits per heavy atom. The highest BCUT2D eigenvalue weighted by Crippen LogP contribution is 2.35. The second-order valence-electron chi connectivity index (χ2n) is 10.5. The quantitative estimate of drug-likeness (QED) is 0.272. The Morgan fingerprint density at radius 3 is 2.16 bits per heavy atom. The molecule has 1 aromatic rings. The van der Waals surface area contributed by atoms with Crippen molar-refractivity contribution < 1.29 is 29.1 Å². The molecule has 0 unspecified atom stereocenters. The average Bonchev–Trinajstić information content (AvgIpc) is 2.94. The van der Waals surface area contributed by atoms with Crippen molar-refractivity contribution in [1.82, 2.24) is 20.0 Å². The summed E-state index contributed by atoms with van der Waals surface area (Å²) in [5.41, 5.74) is 0.711. The van der Waals surface area contributed by atoms with Crippen molar-refractivity contribution in [3.8, 4) is 0 Å². The number of β-lactam (4-membered cyclic amide) rings is 1. The Bertz CT molecular complexity index is 1020. The third-order valence-corrected chi connectivity index (χ3v) is 8.01. The molecule has 10 nitrogen and oxygen atoms in total. The molecule has 4 amide bonds. The summed E-state index contributed by atoms with van der Waals surface area (Å²) in [5.74, 6) is -1.77. The number of rotatable bonds is 10. The lowest BCUT2D eigenvalue weighted by atomic mass is 9.78. The number of piperidine rings is 1. The van der Waals surface area contributed by atoms with E-state index in [4.69, 9.17) is 0 Å². The van der Waals surface area contributed by atoms with Gasteiger partial charge in [0.1, 0.15) is 0 Å². The van der Waals surface area contributed by atoms with Gasteiger partial charge < -0.3 is 20.2 Å². The zero-order chi connectivity index (χ0) is 27.1. The monoisotopic (exact) mass is 526 g/mol. The van der Waals surface area contributed by atoms with Gasteiger partial charge in [-0.2, -0.15) is 0 Å². The summed E-state index contributed by atoms with van der Waals surface area (Å²) >= 11 is 0. The van der Waals surface area contributed by atoms with Crippen LogP contribution in [0.1, 0.15) is 61.7 Å². The van der Waals surface area contributed by atoms with Crippen LogP contribution in [0.25, 0.3) is 0 Å². The Balaban J connectivity index is 1.17. The van der Waals surface area contributed by atoms with E-state index < -0.39 is 29.9 Å². The fourth-order valence-electron chi connectivity index (χ4n) is 5.72. The fourth-order valence-corrected chi connectivity index (χ4v) is 5.72. The number of carbonyl (C=O) groups excluding carboxylic acids is 4. The molecule has 0 aromatic heterocycles. The molecule has 3 aliphatic rings. The Hall–Kier alpha value is -3.27. The molecule has 2 N–H and O–H groups in total. The lowest BCUT2D eigenvalue weighted by Crippen LogP contribution is -2.69. The number of carboxylic acid groups (broad SMARTS) is 1. The van der Waals surface area contributed by atoms with Crippen LogP contribution in [0.15, 0.2) is 30.3 Å². The highest BCUT2D eigenvalue weighted by Gasteiger charge is 2.56. The number of imide groups is 1. The summed E-state index contributed by atoms with van der Waals surface area (Å²) in [6.45, 7) is 2.98. The number of amides is 4. The maximum Gasteiger partial charge on any atom is 0.327 e. The number of ketones is 1. The van der Waals surface area contributed by atoms with E-state index >= 15 is 0 Å². The summed E-state index contributed by atoms with van der Waals surface area (Å²) in [6, 6.07) is 7.50. The molecule has 3 aliphatic heterocycles. The summed E-state index contributed by atoms with van der Waals surface area (Å²) in [7, 11) is 0. The van der Waals surface area contributed by atoms with Crippen molar-refractivity contribution in [3.63, 3.8) is 0 Å². The standard InChI is InChI=1S/C28H38N4O6/c33-23(21-7-3-1-4-8-21)9-5-2-6-10-24(34)30-15-17-31(18-16-30)28(38)32-25(27(36)37)22(26(32)35)19-20-11-13-29-14-12-20/h1,3-4,7-8,20,22,25,29H,2,5-6,9-19H2,(H,36,37)/t22-,25+/m1/s1. The van der Waals surface area contributed by atoms with E-state index in [9.17, 15) is 29.1 Å². The van der Waals surface area contributed by atoms with Gasteiger partial charge in [0, 0.05) is 44.6 Å². The summed E-state index contributed by atoms with van der Waals surface area (Å²) in [6.07, 6.45) is 5.38. The van der Waals surface area contributed by atoms with Crippen LogP contribution in [0.2, 0.25) is 0 Å². The number of unbranched alkanes of at least 4 members (excludes halogenated alkanes) is 2. The predicted molar refractivity (Wildman–Crippen MR) is 139 cm³/mol. The maximum absolute atomic E-state index is 13.0. The third kappa shape index (κ3) is 6.59. The second kappa shape index (κ2) is 13.0.